The fraction of sp³-hybridized carbons (Fsp3) is 0.727. The molecule has 0 saturated heterocycles. The van der Waals surface area contributed by atoms with Gasteiger partial charge in [-0.15, -0.1) is 0 Å². The normalized spacial score (nSPS) is 12.2. The summed E-state index contributed by atoms with van der Waals surface area (Å²) in [6, 6.07) is 0. The monoisotopic (exact) mass is 274 g/mol. The van der Waals surface area contributed by atoms with Crippen LogP contribution in [-0.4, -0.2) is 42.6 Å². The Kier molecular flexibility index (Phi) is 5.77. The second kappa shape index (κ2) is 6.86. The van der Waals surface area contributed by atoms with Crippen molar-refractivity contribution in [3.63, 3.8) is 0 Å². The third kappa shape index (κ3) is 3.30. The summed E-state index contributed by atoms with van der Waals surface area (Å²) in [6.07, 6.45) is 2.58. The van der Waals surface area contributed by atoms with E-state index in [0.29, 0.717) is 25.2 Å². The lowest BCUT2D eigenvalue weighted by Gasteiger charge is -2.18. The molecule has 0 aromatic carbocycles. The molecule has 1 heterocycles. The van der Waals surface area contributed by atoms with Crippen molar-refractivity contribution in [2.45, 2.75) is 38.8 Å². The van der Waals surface area contributed by atoms with Crippen LogP contribution in [0.5, 0.6) is 0 Å². The van der Waals surface area contributed by atoms with E-state index in [1.54, 1.807) is 6.20 Å². The van der Waals surface area contributed by atoms with Gasteiger partial charge in [-0.25, -0.2) is 8.42 Å². The highest BCUT2D eigenvalue weighted by atomic mass is 32.2. The van der Waals surface area contributed by atoms with E-state index in [0.717, 1.165) is 13.0 Å². The summed E-state index contributed by atoms with van der Waals surface area (Å²) in [5.74, 6) is 0. The summed E-state index contributed by atoms with van der Waals surface area (Å²) in [7, 11) is -3.45. The van der Waals surface area contributed by atoms with Crippen LogP contribution in [-0.2, 0) is 16.6 Å². The quantitative estimate of drug-likeness (QED) is 0.692. The van der Waals surface area contributed by atoms with Crippen LogP contribution in [0.25, 0.3) is 0 Å². The first kappa shape index (κ1) is 15.1. The highest BCUT2D eigenvalue weighted by Gasteiger charge is 2.26. The number of sulfonamides is 1. The molecular formula is C11H22N4O2S. The summed E-state index contributed by atoms with van der Waals surface area (Å²) in [6.45, 7) is 8.00. The van der Waals surface area contributed by atoms with Crippen LogP contribution in [0, 0.1) is 0 Å². The Morgan fingerprint density at radius 3 is 2.56 bits per heavy atom. The zero-order valence-electron chi connectivity index (χ0n) is 11.2. The number of H-pyrrole nitrogens is 1. The fourth-order valence-electron chi connectivity index (χ4n) is 1.74. The van der Waals surface area contributed by atoms with Gasteiger partial charge in [0.15, 0.2) is 5.03 Å². The minimum absolute atomic E-state index is 0.204. The molecule has 1 aromatic heterocycles. The summed E-state index contributed by atoms with van der Waals surface area (Å²) in [5.41, 5.74) is 0.690. The number of nitrogens with zero attached hydrogens (tertiary/aromatic N) is 2. The SMILES string of the molecule is CCCNCc1cn[nH]c1S(=O)(=O)N(CC)CC. The molecule has 0 aliphatic carbocycles. The Hall–Kier alpha value is -0.920. The van der Waals surface area contributed by atoms with Crippen LogP contribution in [0.15, 0.2) is 11.2 Å². The number of hydrogen-bond donors (Lipinski definition) is 2. The first-order valence-electron chi connectivity index (χ1n) is 6.30. The molecule has 0 bridgehead atoms. The average Bonchev–Trinajstić information content (AvgIpc) is 2.79. The molecule has 0 amide bonds. The van der Waals surface area contributed by atoms with E-state index < -0.39 is 10.0 Å². The van der Waals surface area contributed by atoms with Crippen LogP contribution in [0.3, 0.4) is 0 Å². The lowest BCUT2D eigenvalue weighted by Crippen LogP contribution is -2.32. The molecule has 1 rings (SSSR count). The number of nitrogens with one attached hydrogen (secondary N) is 2. The van der Waals surface area contributed by atoms with Gasteiger partial charge >= 0.3 is 0 Å². The third-order valence-corrected chi connectivity index (χ3v) is 4.79. The molecule has 0 aliphatic rings. The molecule has 2 N–H and O–H groups in total. The van der Waals surface area contributed by atoms with E-state index in [-0.39, 0.29) is 5.03 Å². The first-order chi connectivity index (χ1) is 8.57. The summed E-state index contributed by atoms with van der Waals surface area (Å²) >= 11 is 0. The van der Waals surface area contributed by atoms with E-state index in [4.69, 9.17) is 0 Å². The molecule has 0 saturated carbocycles. The van der Waals surface area contributed by atoms with Crippen molar-refractivity contribution >= 4 is 10.0 Å². The van der Waals surface area contributed by atoms with Crippen LogP contribution in [0.2, 0.25) is 0 Å². The molecule has 0 spiro atoms. The van der Waals surface area contributed by atoms with E-state index in [1.807, 2.05) is 13.8 Å². The molecular weight excluding hydrogens is 252 g/mol. The van der Waals surface area contributed by atoms with Crippen molar-refractivity contribution < 1.29 is 8.42 Å². The van der Waals surface area contributed by atoms with Crippen molar-refractivity contribution in [3.8, 4) is 0 Å². The second-order valence-electron chi connectivity index (χ2n) is 3.99. The topological polar surface area (TPSA) is 78.1 Å². The Bertz CT molecular complexity index is 451. The second-order valence-corrected chi connectivity index (χ2v) is 5.87. The highest BCUT2D eigenvalue weighted by molar-refractivity contribution is 7.89. The van der Waals surface area contributed by atoms with Gasteiger partial charge in [-0.3, -0.25) is 5.10 Å². The molecule has 18 heavy (non-hydrogen) atoms. The average molecular weight is 274 g/mol. The first-order valence-corrected chi connectivity index (χ1v) is 7.75. The van der Waals surface area contributed by atoms with Crippen molar-refractivity contribution in [1.29, 1.82) is 0 Å². The zero-order valence-corrected chi connectivity index (χ0v) is 12.0. The summed E-state index contributed by atoms with van der Waals surface area (Å²) in [4.78, 5) is 0. The highest BCUT2D eigenvalue weighted by Crippen LogP contribution is 2.17. The van der Waals surface area contributed by atoms with Crippen molar-refractivity contribution in [2.24, 2.45) is 0 Å². The van der Waals surface area contributed by atoms with Crippen LogP contribution in [0.1, 0.15) is 32.8 Å². The lowest BCUT2D eigenvalue weighted by atomic mass is 10.3. The largest absolute Gasteiger partial charge is 0.313 e. The van der Waals surface area contributed by atoms with Crippen LogP contribution >= 0.6 is 0 Å². The summed E-state index contributed by atoms with van der Waals surface area (Å²) in [5, 5.41) is 9.84. The van der Waals surface area contributed by atoms with Gasteiger partial charge in [0.05, 0.1) is 6.20 Å². The molecule has 0 fully saturated rings. The van der Waals surface area contributed by atoms with Gasteiger partial charge in [-0.05, 0) is 13.0 Å². The van der Waals surface area contributed by atoms with E-state index in [1.165, 1.54) is 4.31 Å². The van der Waals surface area contributed by atoms with E-state index in [2.05, 4.69) is 22.4 Å². The fourth-order valence-corrected chi connectivity index (χ4v) is 3.30. The Labute approximate surface area is 109 Å². The molecule has 0 atom stereocenters. The minimum Gasteiger partial charge on any atom is -0.313 e. The summed E-state index contributed by atoms with van der Waals surface area (Å²) < 4.78 is 26.1. The van der Waals surface area contributed by atoms with Crippen molar-refractivity contribution in [2.75, 3.05) is 19.6 Å². The predicted molar refractivity (Wildman–Crippen MR) is 70.7 cm³/mol. The zero-order chi connectivity index (χ0) is 13.6. The number of aromatic nitrogens is 2. The molecule has 104 valence electrons. The van der Waals surface area contributed by atoms with Gasteiger partial charge in [0.1, 0.15) is 0 Å². The van der Waals surface area contributed by atoms with Gasteiger partial charge in [-0.1, -0.05) is 20.8 Å². The molecule has 0 unspecified atom stereocenters. The Balaban J connectivity index is 2.92. The third-order valence-electron chi connectivity index (χ3n) is 2.72. The van der Waals surface area contributed by atoms with Gasteiger partial charge in [-0.2, -0.15) is 9.40 Å². The van der Waals surface area contributed by atoms with Gasteiger partial charge < -0.3 is 5.32 Å². The minimum atomic E-state index is -3.45. The van der Waals surface area contributed by atoms with Crippen LogP contribution in [0.4, 0.5) is 0 Å². The smallest absolute Gasteiger partial charge is 0.260 e. The standard InChI is InChI=1S/C11H22N4O2S/c1-4-7-12-8-10-9-13-14-11(10)18(16,17)15(5-2)6-3/h9,12H,4-8H2,1-3H3,(H,13,14). The molecule has 1 aromatic rings. The Morgan fingerprint density at radius 1 is 1.33 bits per heavy atom. The molecule has 0 aliphatic heterocycles. The number of aromatic amines is 1. The Morgan fingerprint density at radius 2 is 2.00 bits per heavy atom. The predicted octanol–water partition coefficient (Wildman–Crippen LogP) is 0.940. The van der Waals surface area contributed by atoms with Gasteiger partial charge in [0.25, 0.3) is 10.0 Å². The van der Waals surface area contributed by atoms with Gasteiger partial charge in [0, 0.05) is 25.2 Å². The number of rotatable bonds is 8. The molecule has 6 nitrogen and oxygen atoms in total. The van der Waals surface area contributed by atoms with E-state index in [9.17, 15) is 8.42 Å². The van der Waals surface area contributed by atoms with Crippen molar-refractivity contribution in [3.05, 3.63) is 11.8 Å². The maximum Gasteiger partial charge on any atom is 0.260 e. The maximum atomic E-state index is 12.3. The maximum absolute atomic E-state index is 12.3. The van der Waals surface area contributed by atoms with Crippen LogP contribution < -0.4 is 5.32 Å². The number of hydrogen-bond acceptors (Lipinski definition) is 4. The van der Waals surface area contributed by atoms with E-state index >= 15 is 0 Å². The van der Waals surface area contributed by atoms with Crippen molar-refractivity contribution in [1.82, 2.24) is 19.8 Å². The molecule has 0 radical (unpaired) electrons. The lowest BCUT2D eigenvalue weighted by molar-refractivity contribution is 0.441. The molecule has 7 heteroatoms. The van der Waals surface area contributed by atoms with Gasteiger partial charge in [0.2, 0.25) is 0 Å².